The Labute approximate surface area is 301 Å². The Morgan fingerprint density at radius 3 is 2.62 bits per heavy atom. The summed E-state index contributed by atoms with van der Waals surface area (Å²) in [5.74, 6) is -0.303. The summed E-state index contributed by atoms with van der Waals surface area (Å²) >= 11 is 8.65. The van der Waals surface area contributed by atoms with Crippen LogP contribution in [0.3, 0.4) is 0 Å². The van der Waals surface area contributed by atoms with E-state index in [9.17, 15) is 18.3 Å². The van der Waals surface area contributed by atoms with Gasteiger partial charge < -0.3 is 9.84 Å². The fraction of sp³-hybridized carbons (Fsp3) is 0.342. The van der Waals surface area contributed by atoms with Crippen molar-refractivity contribution in [3.8, 4) is 16.9 Å². The topological polar surface area (TPSA) is 116 Å². The molecule has 0 spiro atoms. The molecule has 260 valence electrons. The van der Waals surface area contributed by atoms with Gasteiger partial charge in [0.05, 0.1) is 29.5 Å². The normalized spacial score (nSPS) is 18.1. The van der Waals surface area contributed by atoms with Crippen molar-refractivity contribution in [1.29, 1.82) is 0 Å². The van der Waals surface area contributed by atoms with Crippen LogP contribution in [0.5, 0.6) is 5.75 Å². The highest BCUT2D eigenvalue weighted by Crippen LogP contribution is 2.45. The number of carboxylic acids is 1. The molecule has 0 saturated heterocycles. The molecule has 8 bridgehead atoms. The molecule has 1 unspecified atom stereocenters. The first-order valence-corrected chi connectivity index (χ1v) is 19.9. The van der Waals surface area contributed by atoms with Gasteiger partial charge in [0.15, 0.2) is 9.84 Å². The maximum absolute atomic E-state index is 13.8. The zero-order valence-corrected chi connectivity index (χ0v) is 30.9. The van der Waals surface area contributed by atoms with E-state index in [1.807, 2.05) is 57.3 Å². The molecular weight excluding hydrogens is 692 g/mol. The first-order chi connectivity index (χ1) is 23.9. The lowest BCUT2D eigenvalue weighted by atomic mass is 9.87. The molecule has 7 rings (SSSR count). The maximum Gasteiger partial charge on any atom is 0.332 e. The fourth-order valence-electron chi connectivity index (χ4n) is 7.39. The van der Waals surface area contributed by atoms with Crippen molar-refractivity contribution in [2.45, 2.75) is 61.7 Å². The second-order valence-electron chi connectivity index (χ2n) is 13.3. The van der Waals surface area contributed by atoms with Gasteiger partial charge in [-0.3, -0.25) is 9.36 Å². The number of carboxylic acid groups (broad SMARTS) is 1. The predicted molar refractivity (Wildman–Crippen MR) is 198 cm³/mol. The average molecular weight is 731 g/mol. The van der Waals surface area contributed by atoms with Crippen molar-refractivity contribution in [3.05, 3.63) is 99.1 Å². The Morgan fingerprint density at radius 1 is 1.02 bits per heavy atom. The molecule has 2 aliphatic rings. The van der Waals surface area contributed by atoms with Crippen molar-refractivity contribution in [3.63, 3.8) is 0 Å². The van der Waals surface area contributed by atoms with E-state index in [1.54, 1.807) is 34.2 Å². The number of nitrogens with zero attached hydrogens (tertiary/aromatic N) is 4. The summed E-state index contributed by atoms with van der Waals surface area (Å²) in [5, 5.41) is 22.3. The largest absolute Gasteiger partial charge is 0.493 e. The zero-order chi connectivity index (χ0) is 35.3. The van der Waals surface area contributed by atoms with Crippen LogP contribution >= 0.6 is 23.4 Å². The van der Waals surface area contributed by atoms with Crippen LogP contribution < -0.4 is 4.74 Å². The molecule has 1 aliphatic heterocycles. The van der Waals surface area contributed by atoms with Crippen LogP contribution in [-0.4, -0.2) is 45.7 Å². The van der Waals surface area contributed by atoms with Crippen LogP contribution in [0.1, 0.15) is 60.1 Å². The first kappa shape index (κ1) is 34.4. The first-order valence-electron chi connectivity index (χ1n) is 16.7. The molecule has 12 heteroatoms. The molecular formula is C38H39ClN4O5S2. The number of aromatic nitrogens is 4. The second kappa shape index (κ2) is 13.6. The van der Waals surface area contributed by atoms with Gasteiger partial charge in [-0.05, 0) is 84.9 Å². The van der Waals surface area contributed by atoms with E-state index < -0.39 is 15.8 Å². The average Bonchev–Trinajstić information content (AvgIpc) is 3.48. The van der Waals surface area contributed by atoms with Gasteiger partial charge in [-0.25, -0.2) is 13.2 Å². The van der Waals surface area contributed by atoms with Crippen molar-refractivity contribution in [2.24, 2.45) is 20.0 Å². The Kier molecular flexibility index (Phi) is 9.34. The molecule has 50 heavy (non-hydrogen) atoms. The molecule has 0 amide bonds. The highest BCUT2D eigenvalue weighted by molar-refractivity contribution is 7.98. The van der Waals surface area contributed by atoms with Crippen LogP contribution in [0.4, 0.5) is 0 Å². The van der Waals surface area contributed by atoms with Crippen LogP contribution in [-0.2, 0) is 52.4 Å². The minimum Gasteiger partial charge on any atom is -0.493 e. The van der Waals surface area contributed by atoms with Gasteiger partial charge >= 0.3 is 5.97 Å². The van der Waals surface area contributed by atoms with E-state index >= 15 is 0 Å². The van der Waals surface area contributed by atoms with Gasteiger partial charge in [-0.2, -0.15) is 10.2 Å². The summed E-state index contributed by atoms with van der Waals surface area (Å²) in [6.07, 6.45) is 2.27. The fourth-order valence-corrected chi connectivity index (χ4v) is 9.96. The van der Waals surface area contributed by atoms with Crippen molar-refractivity contribution in [1.82, 2.24) is 19.6 Å². The SMILES string of the molecule is Cc1c2c(nn1C)CS(=O)(=O)Cc1cc(n(C)n1)CSc1cc(c3ccccc3c1)OCCCC1=C(C(=O)O)C(C)CCc3c1ccc(Cl)c3-2. The number of thioether (sulfide) groups is 1. The highest BCUT2D eigenvalue weighted by atomic mass is 35.5. The quantitative estimate of drug-likeness (QED) is 0.185. The zero-order valence-electron chi connectivity index (χ0n) is 28.5. The number of hydrogen-bond donors (Lipinski definition) is 1. The third-order valence-corrected chi connectivity index (χ3v) is 12.7. The summed E-state index contributed by atoms with van der Waals surface area (Å²) in [6, 6.07) is 17.9. The minimum absolute atomic E-state index is 0.205. The molecule has 2 aromatic heterocycles. The number of allylic oxidation sites excluding steroid dienone is 1. The van der Waals surface area contributed by atoms with Gasteiger partial charge in [-0.1, -0.05) is 48.9 Å². The van der Waals surface area contributed by atoms with E-state index in [0.29, 0.717) is 65.6 Å². The third kappa shape index (κ3) is 6.58. The van der Waals surface area contributed by atoms with E-state index in [-0.39, 0.29) is 17.4 Å². The number of benzene rings is 3. The van der Waals surface area contributed by atoms with Gasteiger partial charge in [0.25, 0.3) is 0 Å². The summed E-state index contributed by atoms with van der Waals surface area (Å²) < 4.78 is 37.6. The number of sulfone groups is 1. The third-order valence-electron chi connectivity index (χ3n) is 9.88. The van der Waals surface area contributed by atoms with Gasteiger partial charge in [-0.15, -0.1) is 11.8 Å². The number of halogens is 1. The molecule has 9 nitrogen and oxygen atoms in total. The number of rotatable bonds is 1. The molecule has 0 saturated carbocycles. The van der Waals surface area contributed by atoms with E-state index in [4.69, 9.17) is 21.4 Å². The van der Waals surface area contributed by atoms with Crippen molar-refractivity contribution < 1.29 is 23.1 Å². The number of ether oxygens (including phenoxy) is 1. The van der Waals surface area contributed by atoms with Crippen LogP contribution in [0.15, 0.2) is 65.1 Å². The Balaban J connectivity index is 1.39. The lowest BCUT2D eigenvalue weighted by Crippen LogP contribution is -2.12. The smallest absolute Gasteiger partial charge is 0.332 e. The summed E-state index contributed by atoms with van der Waals surface area (Å²) in [4.78, 5) is 13.9. The lowest BCUT2D eigenvalue weighted by Gasteiger charge is -2.19. The summed E-state index contributed by atoms with van der Waals surface area (Å²) in [7, 11) is -0.0756. The van der Waals surface area contributed by atoms with Crippen molar-refractivity contribution in [2.75, 3.05) is 6.61 Å². The van der Waals surface area contributed by atoms with Crippen molar-refractivity contribution >= 4 is 55.5 Å². The Bertz CT molecular complexity index is 2310. The maximum atomic E-state index is 13.8. The van der Waals surface area contributed by atoms with Crippen LogP contribution in [0, 0.1) is 12.8 Å². The number of aryl methyl sites for hydroxylation is 2. The van der Waals surface area contributed by atoms with E-state index in [1.165, 1.54) is 0 Å². The molecule has 1 aliphatic carbocycles. The monoisotopic (exact) mass is 730 g/mol. The molecule has 1 N–H and O–H groups in total. The Hall–Kier alpha value is -4.06. The molecule has 1 atom stereocenters. The van der Waals surface area contributed by atoms with E-state index in [0.717, 1.165) is 55.1 Å². The molecule has 3 aromatic carbocycles. The number of hydrogen-bond acceptors (Lipinski definition) is 7. The standard InChI is InChI=1S/C38H39ClN4O5S2/c1-22-11-12-31-29-13-14-32(39)37(31)36-23(2)42(3)41-33(36)21-50(46,47)20-25-17-26(43(4)40-25)19-49-27-16-24-8-5-6-9-28(24)34(18-27)48-15-7-10-30(29)35(22)38(44)45/h5-6,8-9,13-14,16-18,22H,7,10-12,15,19-21H2,1-4H3,(H,44,45). The van der Waals surface area contributed by atoms with Gasteiger partial charge in [0, 0.05) is 63.2 Å². The van der Waals surface area contributed by atoms with Gasteiger partial charge in [0.1, 0.15) is 5.75 Å². The summed E-state index contributed by atoms with van der Waals surface area (Å²) in [6.45, 7) is 4.27. The summed E-state index contributed by atoms with van der Waals surface area (Å²) in [5.41, 5.74) is 6.90. The predicted octanol–water partition coefficient (Wildman–Crippen LogP) is 7.94. The van der Waals surface area contributed by atoms with Crippen LogP contribution in [0.25, 0.3) is 27.5 Å². The highest BCUT2D eigenvalue weighted by Gasteiger charge is 2.31. The van der Waals surface area contributed by atoms with E-state index in [2.05, 4.69) is 17.2 Å². The number of fused-ring (bicyclic) bond motifs is 8. The minimum atomic E-state index is -3.71. The Morgan fingerprint density at radius 2 is 1.82 bits per heavy atom. The number of carbonyl (C=O) groups is 1. The molecule has 0 fully saturated rings. The number of aliphatic carboxylic acids is 1. The van der Waals surface area contributed by atoms with Crippen LogP contribution in [0.2, 0.25) is 5.02 Å². The molecule has 3 heterocycles. The molecule has 0 radical (unpaired) electrons. The lowest BCUT2D eigenvalue weighted by molar-refractivity contribution is -0.133. The second-order valence-corrected chi connectivity index (χ2v) is 16.8. The molecule has 5 aromatic rings. The van der Waals surface area contributed by atoms with Gasteiger partial charge in [0.2, 0.25) is 0 Å².